The van der Waals surface area contributed by atoms with Gasteiger partial charge in [0.05, 0.1) is 11.2 Å². The molecular formula is C17H11NS. The molecule has 2 heterocycles. The second-order valence-corrected chi connectivity index (χ2v) is 5.63. The lowest BCUT2D eigenvalue weighted by molar-refractivity contribution is 1.24. The second kappa shape index (κ2) is 4.25. The standard InChI is InChI=1S/C17H11NS/c1-2-6-12(7-3-1)10-15-17-16(19-15)11-13-8-4-5-9-14(13)18-17/h1-11H/b15-10-. The summed E-state index contributed by atoms with van der Waals surface area (Å²) in [5.41, 5.74) is 3.43. The first-order valence-corrected chi connectivity index (χ1v) is 7.06. The Morgan fingerprint density at radius 1 is 0.895 bits per heavy atom. The van der Waals surface area contributed by atoms with E-state index in [1.165, 1.54) is 20.8 Å². The van der Waals surface area contributed by atoms with Crippen molar-refractivity contribution < 1.29 is 0 Å². The van der Waals surface area contributed by atoms with Crippen LogP contribution in [0.5, 0.6) is 0 Å². The maximum Gasteiger partial charge on any atom is 0.0916 e. The number of hydrogen-bond donors (Lipinski definition) is 0. The molecule has 2 aromatic carbocycles. The van der Waals surface area contributed by atoms with E-state index >= 15 is 0 Å². The molecule has 3 aromatic rings. The highest BCUT2D eigenvalue weighted by Crippen LogP contribution is 2.49. The molecule has 0 fully saturated rings. The zero-order valence-electron chi connectivity index (χ0n) is 10.2. The Kier molecular flexibility index (Phi) is 2.42. The number of fused-ring (bicyclic) bond motifs is 2. The van der Waals surface area contributed by atoms with E-state index in [-0.39, 0.29) is 0 Å². The summed E-state index contributed by atoms with van der Waals surface area (Å²) >= 11 is 1.81. The second-order valence-electron chi connectivity index (χ2n) is 4.55. The van der Waals surface area contributed by atoms with Crippen LogP contribution < -0.4 is 0 Å². The lowest BCUT2D eigenvalue weighted by atomic mass is 10.1. The van der Waals surface area contributed by atoms with Crippen LogP contribution in [-0.4, -0.2) is 4.98 Å². The molecule has 0 bridgehead atoms. The summed E-state index contributed by atoms with van der Waals surface area (Å²) in [6.45, 7) is 0. The van der Waals surface area contributed by atoms with Crippen molar-refractivity contribution in [3.8, 4) is 0 Å². The largest absolute Gasteiger partial charge is 0.246 e. The first-order chi connectivity index (χ1) is 9.40. The Morgan fingerprint density at radius 3 is 2.58 bits per heavy atom. The highest BCUT2D eigenvalue weighted by Gasteiger charge is 2.22. The number of hydrogen-bond acceptors (Lipinski definition) is 2. The first-order valence-electron chi connectivity index (χ1n) is 6.25. The van der Waals surface area contributed by atoms with Gasteiger partial charge in [-0.25, -0.2) is 4.98 Å². The van der Waals surface area contributed by atoms with Gasteiger partial charge in [0.25, 0.3) is 0 Å². The molecule has 0 unspecified atom stereocenters. The van der Waals surface area contributed by atoms with E-state index in [0.29, 0.717) is 0 Å². The molecule has 1 nitrogen and oxygen atoms in total. The van der Waals surface area contributed by atoms with Crippen LogP contribution in [0.1, 0.15) is 11.3 Å². The Morgan fingerprint density at radius 2 is 1.68 bits per heavy atom. The van der Waals surface area contributed by atoms with Crippen LogP contribution in [0.3, 0.4) is 0 Å². The van der Waals surface area contributed by atoms with Gasteiger partial charge in [-0.3, -0.25) is 0 Å². The predicted octanol–water partition coefficient (Wildman–Crippen LogP) is 4.84. The minimum Gasteiger partial charge on any atom is -0.246 e. The van der Waals surface area contributed by atoms with Crippen LogP contribution in [0.25, 0.3) is 21.9 Å². The molecule has 1 aromatic heterocycles. The van der Waals surface area contributed by atoms with Gasteiger partial charge in [-0.15, -0.1) is 0 Å². The van der Waals surface area contributed by atoms with Crippen LogP contribution in [0, 0.1) is 0 Å². The third-order valence-corrected chi connectivity index (χ3v) is 4.30. The molecular weight excluding hydrogens is 250 g/mol. The van der Waals surface area contributed by atoms with Gasteiger partial charge in [0.2, 0.25) is 0 Å². The zero-order valence-corrected chi connectivity index (χ0v) is 11.0. The minimum absolute atomic E-state index is 1.07. The van der Waals surface area contributed by atoms with Gasteiger partial charge in [-0.05, 0) is 23.8 Å². The summed E-state index contributed by atoms with van der Waals surface area (Å²) in [4.78, 5) is 7.29. The van der Waals surface area contributed by atoms with Crippen molar-refractivity contribution in [3.63, 3.8) is 0 Å². The van der Waals surface area contributed by atoms with Crippen LogP contribution in [0.15, 0.2) is 65.6 Å². The number of nitrogens with zero attached hydrogens (tertiary/aromatic N) is 1. The highest BCUT2D eigenvalue weighted by atomic mass is 32.2. The number of benzene rings is 2. The minimum atomic E-state index is 1.07. The molecule has 1 aliphatic rings. The van der Waals surface area contributed by atoms with E-state index in [4.69, 9.17) is 4.98 Å². The average Bonchev–Trinajstić information content (AvgIpc) is 2.46. The van der Waals surface area contributed by atoms with E-state index in [0.717, 1.165) is 11.2 Å². The molecule has 1 aliphatic heterocycles. The molecule has 0 aliphatic carbocycles. The Balaban J connectivity index is 1.81. The molecule has 4 rings (SSSR count). The summed E-state index contributed by atoms with van der Waals surface area (Å²) < 4.78 is 0. The number of para-hydroxylation sites is 1. The molecule has 2 heteroatoms. The van der Waals surface area contributed by atoms with Crippen LogP contribution in [0.2, 0.25) is 0 Å². The van der Waals surface area contributed by atoms with Crippen molar-refractivity contribution in [3.05, 3.63) is 71.9 Å². The Hall–Kier alpha value is -2.06. The van der Waals surface area contributed by atoms with Crippen molar-refractivity contribution in [1.82, 2.24) is 4.98 Å². The quantitative estimate of drug-likeness (QED) is 0.621. The summed E-state index contributed by atoms with van der Waals surface area (Å²) in [5, 5.41) is 1.22. The fraction of sp³-hybridized carbons (Fsp3) is 0. The molecule has 0 radical (unpaired) electrons. The fourth-order valence-electron chi connectivity index (χ4n) is 2.27. The number of pyridine rings is 1. The van der Waals surface area contributed by atoms with E-state index < -0.39 is 0 Å². The summed E-state index contributed by atoms with van der Waals surface area (Å²) in [7, 11) is 0. The molecule has 0 saturated carbocycles. The van der Waals surface area contributed by atoms with E-state index in [2.05, 4.69) is 54.6 Å². The summed E-state index contributed by atoms with van der Waals surface area (Å²) in [5.74, 6) is 0. The van der Waals surface area contributed by atoms with Crippen molar-refractivity contribution in [2.45, 2.75) is 4.90 Å². The molecule has 0 amide bonds. The Labute approximate surface area is 116 Å². The predicted molar refractivity (Wildman–Crippen MR) is 81.9 cm³/mol. The number of aromatic nitrogens is 1. The normalized spacial score (nSPS) is 15.3. The lowest BCUT2D eigenvalue weighted by Gasteiger charge is -2.21. The van der Waals surface area contributed by atoms with Crippen LogP contribution in [0.4, 0.5) is 0 Å². The van der Waals surface area contributed by atoms with E-state index in [1.54, 1.807) is 0 Å². The van der Waals surface area contributed by atoms with Gasteiger partial charge >= 0.3 is 0 Å². The van der Waals surface area contributed by atoms with Crippen LogP contribution >= 0.6 is 11.8 Å². The molecule has 0 spiro atoms. The fourth-order valence-corrected chi connectivity index (χ4v) is 3.24. The van der Waals surface area contributed by atoms with Crippen molar-refractivity contribution in [1.29, 1.82) is 0 Å². The smallest absolute Gasteiger partial charge is 0.0916 e. The van der Waals surface area contributed by atoms with E-state index in [9.17, 15) is 0 Å². The molecule has 19 heavy (non-hydrogen) atoms. The highest BCUT2D eigenvalue weighted by molar-refractivity contribution is 8.10. The van der Waals surface area contributed by atoms with Gasteiger partial charge in [0.1, 0.15) is 0 Å². The molecule has 0 saturated heterocycles. The molecule has 0 atom stereocenters. The monoisotopic (exact) mass is 261 g/mol. The summed E-state index contributed by atoms with van der Waals surface area (Å²) in [6.07, 6.45) is 2.20. The van der Waals surface area contributed by atoms with Crippen LogP contribution in [-0.2, 0) is 0 Å². The summed E-state index contributed by atoms with van der Waals surface area (Å²) in [6, 6.07) is 20.9. The number of rotatable bonds is 1. The molecule has 90 valence electrons. The topological polar surface area (TPSA) is 12.9 Å². The Bertz CT molecular complexity index is 791. The number of thioether (sulfide) groups is 1. The average molecular weight is 261 g/mol. The van der Waals surface area contributed by atoms with Gasteiger partial charge in [0.15, 0.2) is 0 Å². The zero-order chi connectivity index (χ0) is 12.7. The van der Waals surface area contributed by atoms with E-state index in [1.807, 2.05) is 23.9 Å². The maximum atomic E-state index is 4.75. The van der Waals surface area contributed by atoms with Crippen molar-refractivity contribution in [2.75, 3.05) is 0 Å². The molecule has 0 N–H and O–H groups in total. The van der Waals surface area contributed by atoms with Crippen molar-refractivity contribution in [2.24, 2.45) is 0 Å². The third kappa shape index (κ3) is 1.85. The third-order valence-electron chi connectivity index (χ3n) is 3.24. The SMILES string of the molecule is C(=C1/Sc2cc3ccccc3nc21)/c1ccccc1. The van der Waals surface area contributed by atoms with Gasteiger partial charge < -0.3 is 0 Å². The first kappa shape index (κ1) is 10.8. The maximum absolute atomic E-state index is 4.75. The van der Waals surface area contributed by atoms with Gasteiger partial charge in [0, 0.05) is 15.2 Å². The van der Waals surface area contributed by atoms with Gasteiger partial charge in [-0.1, -0.05) is 60.3 Å². The van der Waals surface area contributed by atoms with Gasteiger partial charge in [-0.2, -0.15) is 0 Å². The van der Waals surface area contributed by atoms with Crippen molar-refractivity contribution >= 4 is 33.6 Å². The lowest BCUT2D eigenvalue weighted by Crippen LogP contribution is -2.00.